The van der Waals surface area contributed by atoms with Crippen molar-refractivity contribution in [2.45, 2.75) is 99.4 Å². The van der Waals surface area contributed by atoms with Crippen LogP contribution in [0.2, 0.25) is 5.31 Å². The average molecular weight is 435 g/mol. The second-order valence-electron chi connectivity index (χ2n) is 11.9. The molecule has 2 heteroatoms. The first-order valence-corrected chi connectivity index (χ1v) is 12.6. The molecule has 0 aromatic heterocycles. The molecule has 2 aromatic rings. The Labute approximate surface area is 199 Å². The van der Waals surface area contributed by atoms with Gasteiger partial charge in [0.25, 0.3) is 0 Å². The summed E-state index contributed by atoms with van der Waals surface area (Å²) in [4.78, 5) is 0. The van der Waals surface area contributed by atoms with Gasteiger partial charge in [0, 0.05) is 6.10 Å². The highest BCUT2D eigenvalue weighted by Gasteiger charge is 2.52. The molecule has 176 valence electrons. The largest absolute Gasteiger partial charge is 0.428 e. The molecule has 2 aromatic carbocycles. The van der Waals surface area contributed by atoms with Gasteiger partial charge in [-0.25, -0.2) is 0 Å². The first kappa shape index (κ1) is 26.7. The van der Waals surface area contributed by atoms with E-state index in [1.807, 2.05) is 0 Å². The summed E-state index contributed by atoms with van der Waals surface area (Å²) in [6.07, 6.45) is 2.54. The van der Waals surface area contributed by atoms with Crippen LogP contribution in [0.5, 0.6) is 0 Å². The Balaban J connectivity index is 2.59. The van der Waals surface area contributed by atoms with E-state index < -0.39 is 0 Å². The Hall–Kier alpha value is -1.54. The van der Waals surface area contributed by atoms with E-state index in [1.54, 1.807) is 0 Å². The lowest BCUT2D eigenvalue weighted by molar-refractivity contribution is 0.104. The van der Waals surface area contributed by atoms with Gasteiger partial charge < -0.3 is 4.65 Å². The number of benzene rings is 2. The summed E-state index contributed by atoms with van der Waals surface area (Å²) in [7, 11) is 0. The van der Waals surface area contributed by atoms with Crippen molar-refractivity contribution in [1.82, 2.24) is 0 Å². The van der Waals surface area contributed by atoms with Crippen LogP contribution in [0.4, 0.5) is 0 Å². The number of rotatable bonds is 11. The molecule has 0 aliphatic carbocycles. The summed E-state index contributed by atoms with van der Waals surface area (Å²) in [6.45, 7) is 23.7. The van der Waals surface area contributed by atoms with Gasteiger partial charge in [0.1, 0.15) is 0 Å². The van der Waals surface area contributed by atoms with Crippen LogP contribution >= 0.6 is 0 Å². The van der Waals surface area contributed by atoms with Gasteiger partial charge in [0.05, 0.1) is 0 Å². The van der Waals surface area contributed by atoms with Gasteiger partial charge in [-0.15, -0.1) is 0 Å². The van der Waals surface area contributed by atoms with E-state index in [-0.39, 0.29) is 29.2 Å². The summed E-state index contributed by atoms with van der Waals surface area (Å²) < 4.78 is 6.67. The van der Waals surface area contributed by atoms with Gasteiger partial charge in [0.15, 0.2) is 0 Å². The standard InChI is InChI=1S/C30H47BO/c1-11-24(4)28(5,6)22-27(25-18-14-12-15-19-25)29(7,8)30(9,10)31(32-23(2)3)26-20-16-13-17-21-26/h12-21,23-24,27H,11,22H2,1-10H3. The molecule has 0 N–H and O–H groups in total. The van der Waals surface area contributed by atoms with E-state index in [9.17, 15) is 0 Å². The molecule has 0 saturated carbocycles. The zero-order chi connectivity index (χ0) is 24.2. The van der Waals surface area contributed by atoms with Crippen LogP contribution in [0.15, 0.2) is 60.7 Å². The Morgan fingerprint density at radius 1 is 0.781 bits per heavy atom. The average Bonchev–Trinajstić information content (AvgIpc) is 2.76. The summed E-state index contributed by atoms with van der Waals surface area (Å²) >= 11 is 0. The summed E-state index contributed by atoms with van der Waals surface area (Å²) in [6, 6.07) is 22.0. The summed E-state index contributed by atoms with van der Waals surface area (Å²) in [5, 5.41) is -0.0926. The van der Waals surface area contributed by atoms with Gasteiger partial charge in [-0.3, -0.25) is 0 Å². The minimum absolute atomic E-state index is 0.00547. The normalized spacial score (nSPS) is 15.0. The van der Waals surface area contributed by atoms with Crippen molar-refractivity contribution in [1.29, 1.82) is 0 Å². The molecule has 2 unspecified atom stereocenters. The van der Waals surface area contributed by atoms with Gasteiger partial charge >= 0.3 is 6.92 Å². The maximum atomic E-state index is 6.67. The zero-order valence-corrected chi connectivity index (χ0v) is 22.4. The summed E-state index contributed by atoms with van der Waals surface area (Å²) in [5.74, 6) is 1.09. The molecule has 0 fully saturated rings. The molecule has 0 aliphatic rings. The van der Waals surface area contributed by atoms with Crippen molar-refractivity contribution >= 4 is 12.4 Å². The molecular weight excluding hydrogens is 387 g/mol. The number of hydrogen-bond donors (Lipinski definition) is 0. The van der Waals surface area contributed by atoms with Gasteiger partial charge in [-0.05, 0) is 59.3 Å². The fourth-order valence-electron chi connectivity index (χ4n) is 5.11. The van der Waals surface area contributed by atoms with E-state index in [0.29, 0.717) is 11.8 Å². The Morgan fingerprint density at radius 2 is 1.28 bits per heavy atom. The van der Waals surface area contributed by atoms with E-state index in [1.165, 1.54) is 17.4 Å². The highest BCUT2D eigenvalue weighted by atomic mass is 16.4. The van der Waals surface area contributed by atoms with Crippen LogP contribution in [-0.4, -0.2) is 13.0 Å². The highest BCUT2D eigenvalue weighted by molar-refractivity contribution is 6.70. The molecule has 2 atom stereocenters. The fourth-order valence-corrected chi connectivity index (χ4v) is 5.11. The third kappa shape index (κ3) is 5.87. The maximum Gasteiger partial charge on any atom is 0.333 e. The minimum atomic E-state index is -0.0926. The van der Waals surface area contributed by atoms with Crippen molar-refractivity contribution in [3.8, 4) is 0 Å². The molecule has 1 nitrogen and oxygen atoms in total. The second-order valence-corrected chi connectivity index (χ2v) is 11.9. The Bertz CT molecular complexity index is 807. The second kappa shape index (κ2) is 10.6. The summed E-state index contributed by atoms with van der Waals surface area (Å²) in [5.41, 5.74) is 2.96. The first-order valence-electron chi connectivity index (χ1n) is 12.6. The van der Waals surface area contributed by atoms with Gasteiger partial charge in [-0.2, -0.15) is 0 Å². The van der Waals surface area contributed by atoms with Crippen molar-refractivity contribution in [3.63, 3.8) is 0 Å². The van der Waals surface area contributed by atoms with Crippen molar-refractivity contribution in [3.05, 3.63) is 66.2 Å². The van der Waals surface area contributed by atoms with E-state index in [0.717, 1.165) is 6.42 Å². The SMILES string of the molecule is CCC(C)C(C)(C)CC(c1ccccc1)C(C)(C)C(C)(C)B(OC(C)C)c1ccccc1. The third-order valence-corrected chi connectivity index (χ3v) is 8.58. The molecule has 2 rings (SSSR count). The molecule has 0 amide bonds. The fraction of sp³-hybridized carbons (Fsp3) is 0.600. The molecule has 0 saturated heterocycles. The van der Waals surface area contributed by atoms with Crippen LogP contribution < -0.4 is 5.46 Å². The van der Waals surface area contributed by atoms with Gasteiger partial charge in [0.2, 0.25) is 0 Å². The molecule has 0 spiro atoms. The molecule has 0 radical (unpaired) electrons. The molecule has 0 bridgehead atoms. The predicted octanol–water partition coefficient (Wildman–Crippen LogP) is 8.36. The van der Waals surface area contributed by atoms with Crippen LogP contribution in [0.1, 0.15) is 93.6 Å². The zero-order valence-electron chi connectivity index (χ0n) is 22.4. The lowest BCUT2D eigenvalue weighted by atomic mass is 9.33. The quantitative estimate of drug-likeness (QED) is 0.323. The van der Waals surface area contributed by atoms with Crippen molar-refractivity contribution in [2.24, 2.45) is 16.7 Å². The van der Waals surface area contributed by atoms with Crippen LogP contribution in [0.3, 0.4) is 0 Å². The van der Waals surface area contributed by atoms with Crippen LogP contribution in [0.25, 0.3) is 0 Å². The number of hydrogen-bond acceptors (Lipinski definition) is 1. The monoisotopic (exact) mass is 434 g/mol. The van der Waals surface area contributed by atoms with Crippen LogP contribution in [-0.2, 0) is 4.65 Å². The van der Waals surface area contributed by atoms with Gasteiger partial charge in [-0.1, -0.05) is 122 Å². The van der Waals surface area contributed by atoms with E-state index in [2.05, 4.69) is 130 Å². The lowest BCUT2D eigenvalue weighted by Gasteiger charge is -2.52. The Kier molecular flexibility index (Phi) is 8.85. The molecular formula is C30H47BO. The lowest BCUT2D eigenvalue weighted by Crippen LogP contribution is -2.52. The van der Waals surface area contributed by atoms with E-state index >= 15 is 0 Å². The molecule has 0 heterocycles. The predicted molar refractivity (Wildman–Crippen MR) is 143 cm³/mol. The van der Waals surface area contributed by atoms with Crippen LogP contribution in [0, 0.1) is 16.7 Å². The third-order valence-electron chi connectivity index (χ3n) is 8.58. The van der Waals surface area contributed by atoms with E-state index in [4.69, 9.17) is 4.65 Å². The van der Waals surface area contributed by atoms with Crippen molar-refractivity contribution in [2.75, 3.05) is 0 Å². The molecule has 0 aliphatic heterocycles. The highest BCUT2D eigenvalue weighted by Crippen LogP contribution is 2.59. The Morgan fingerprint density at radius 3 is 1.75 bits per heavy atom. The smallest absolute Gasteiger partial charge is 0.333 e. The first-order chi connectivity index (χ1) is 14.8. The maximum absolute atomic E-state index is 6.67. The topological polar surface area (TPSA) is 9.23 Å². The molecule has 32 heavy (non-hydrogen) atoms. The van der Waals surface area contributed by atoms with Crippen molar-refractivity contribution < 1.29 is 4.65 Å². The minimum Gasteiger partial charge on any atom is -0.428 e.